The second kappa shape index (κ2) is 7.57. The molecule has 1 unspecified atom stereocenters. The lowest BCUT2D eigenvalue weighted by Gasteiger charge is -2.24. The van der Waals surface area contributed by atoms with Crippen LogP contribution in [0.2, 0.25) is 0 Å². The quantitative estimate of drug-likeness (QED) is 0.267. The molecule has 0 spiro atoms. The number of β-amino-alcohol motifs (C(OH)–C–C–N with tert-alkyl or cyclic N) is 1. The number of benzene rings is 2. The molecule has 0 saturated carbocycles. The van der Waals surface area contributed by atoms with E-state index in [9.17, 15) is 34.3 Å². The van der Waals surface area contributed by atoms with Gasteiger partial charge in [-0.25, -0.2) is 4.39 Å². The van der Waals surface area contributed by atoms with Gasteiger partial charge in [0.15, 0.2) is 0 Å². The van der Waals surface area contributed by atoms with Gasteiger partial charge in [-0.3, -0.25) is 19.7 Å². The van der Waals surface area contributed by atoms with Gasteiger partial charge < -0.3 is 15.1 Å². The van der Waals surface area contributed by atoms with Crippen LogP contribution >= 0.6 is 0 Å². The van der Waals surface area contributed by atoms with Crippen LogP contribution in [-0.4, -0.2) is 44.9 Å². The molecule has 0 aliphatic carbocycles. The van der Waals surface area contributed by atoms with Crippen molar-refractivity contribution in [2.75, 3.05) is 13.2 Å². The number of aliphatic hydroxyl groups excluding tert-OH is 2. The van der Waals surface area contributed by atoms with Gasteiger partial charge in [-0.2, -0.15) is 0 Å². The van der Waals surface area contributed by atoms with Gasteiger partial charge in [0.2, 0.25) is 0 Å². The van der Waals surface area contributed by atoms with Gasteiger partial charge in [0.25, 0.3) is 17.4 Å². The summed E-state index contributed by atoms with van der Waals surface area (Å²) in [4.78, 5) is 36.8. The number of Topliss-reactive ketones (excluding diaryl/α,β-unsaturated/α-hetero) is 1. The predicted octanol–water partition coefficient (Wildman–Crippen LogP) is 2.15. The number of likely N-dealkylation sites (tertiary alicyclic amines) is 1. The highest BCUT2D eigenvalue weighted by molar-refractivity contribution is 6.46. The second-order valence-electron chi connectivity index (χ2n) is 6.04. The molecule has 8 nitrogen and oxygen atoms in total. The summed E-state index contributed by atoms with van der Waals surface area (Å²) >= 11 is 0. The largest absolute Gasteiger partial charge is 0.507 e. The summed E-state index contributed by atoms with van der Waals surface area (Å²) in [5, 5.41) is 31.4. The number of nitrogens with zero attached hydrogens (tertiary/aromatic N) is 2. The Labute approximate surface area is 158 Å². The summed E-state index contributed by atoms with van der Waals surface area (Å²) in [5.74, 6) is -3.19. The molecule has 3 rings (SSSR count). The van der Waals surface area contributed by atoms with Crippen LogP contribution in [0.5, 0.6) is 0 Å². The Balaban J connectivity index is 2.26. The van der Waals surface area contributed by atoms with Crippen molar-refractivity contribution in [1.82, 2.24) is 4.90 Å². The molecule has 1 fully saturated rings. The number of nitro groups is 1. The monoisotopic (exact) mass is 386 g/mol. The number of hydrogen-bond acceptors (Lipinski definition) is 6. The molecule has 1 heterocycles. The zero-order valence-electron chi connectivity index (χ0n) is 14.4. The molecule has 1 atom stereocenters. The molecule has 0 aromatic heterocycles. The number of halogens is 1. The van der Waals surface area contributed by atoms with E-state index in [1.807, 2.05) is 0 Å². The fraction of sp³-hybridized carbons (Fsp3) is 0.158. The number of nitro benzene ring substituents is 1. The Hall–Kier alpha value is -3.59. The van der Waals surface area contributed by atoms with Crippen molar-refractivity contribution in [3.05, 3.63) is 81.2 Å². The van der Waals surface area contributed by atoms with Crippen LogP contribution in [-0.2, 0) is 9.59 Å². The number of rotatable bonds is 5. The Kier molecular flexibility index (Phi) is 5.18. The maximum Gasteiger partial charge on any atom is 0.295 e. The number of aliphatic hydroxyl groups is 2. The van der Waals surface area contributed by atoms with E-state index in [0.717, 1.165) is 17.0 Å². The van der Waals surface area contributed by atoms with E-state index >= 15 is 0 Å². The Morgan fingerprint density at radius 3 is 2.39 bits per heavy atom. The molecule has 1 saturated heterocycles. The van der Waals surface area contributed by atoms with Crippen molar-refractivity contribution in [2.24, 2.45) is 0 Å². The maximum absolute atomic E-state index is 13.2. The molecule has 144 valence electrons. The van der Waals surface area contributed by atoms with E-state index in [0.29, 0.717) is 0 Å². The molecule has 1 aliphatic heterocycles. The lowest BCUT2D eigenvalue weighted by molar-refractivity contribution is -0.385. The van der Waals surface area contributed by atoms with Gasteiger partial charge in [0.05, 0.1) is 28.7 Å². The van der Waals surface area contributed by atoms with Crippen molar-refractivity contribution in [2.45, 2.75) is 6.04 Å². The van der Waals surface area contributed by atoms with E-state index in [4.69, 9.17) is 0 Å². The van der Waals surface area contributed by atoms with Crippen LogP contribution in [0.1, 0.15) is 17.2 Å². The summed E-state index contributed by atoms with van der Waals surface area (Å²) in [7, 11) is 0. The second-order valence-corrected chi connectivity index (χ2v) is 6.04. The van der Waals surface area contributed by atoms with E-state index in [1.165, 1.54) is 36.4 Å². The van der Waals surface area contributed by atoms with Crippen LogP contribution in [0.3, 0.4) is 0 Å². The third-order valence-electron chi connectivity index (χ3n) is 4.43. The highest BCUT2D eigenvalue weighted by Gasteiger charge is 2.47. The Morgan fingerprint density at radius 2 is 1.79 bits per heavy atom. The first-order chi connectivity index (χ1) is 13.4. The van der Waals surface area contributed by atoms with Crippen LogP contribution in [0, 0.1) is 15.9 Å². The SMILES string of the molecule is O=C1C(=O)N(CCO)C(c2ccccc2[N+](=O)[O-])/C1=C(/O)c1ccc(F)cc1. The zero-order chi connectivity index (χ0) is 20.4. The standard InChI is InChI=1S/C19H15FN2O6/c20-12-7-5-11(6-8-12)17(24)15-16(21(9-10-23)19(26)18(15)25)13-3-1-2-4-14(13)22(27)28/h1-8,16,23-24H,9-10H2/b17-15-. The minimum Gasteiger partial charge on any atom is -0.507 e. The minimum atomic E-state index is -1.26. The van der Waals surface area contributed by atoms with Gasteiger partial charge in [0.1, 0.15) is 11.6 Å². The predicted molar refractivity (Wildman–Crippen MR) is 95.6 cm³/mol. The fourth-order valence-corrected chi connectivity index (χ4v) is 3.19. The molecule has 28 heavy (non-hydrogen) atoms. The minimum absolute atomic E-state index is 0.0174. The van der Waals surface area contributed by atoms with E-state index in [-0.39, 0.29) is 28.9 Å². The van der Waals surface area contributed by atoms with Crippen molar-refractivity contribution in [3.8, 4) is 0 Å². The van der Waals surface area contributed by atoms with Crippen LogP contribution < -0.4 is 0 Å². The highest BCUT2D eigenvalue weighted by Crippen LogP contribution is 2.42. The number of ketones is 1. The molecular formula is C19H15FN2O6. The maximum atomic E-state index is 13.2. The summed E-state index contributed by atoms with van der Waals surface area (Å²) in [6.07, 6.45) is 0. The molecular weight excluding hydrogens is 371 g/mol. The van der Waals surface area contributed by atoms with Gasteiger partial charge in [-0.05, 0) is 30.3 Å². The summed E-state index contributed by atoms with van der Waals surface area (Å²) < 4.78 is 13.2. The molecule has 0 radical (unpaired) electrons. The third kappa shape index (κ3) is 3.23. The lowest BCUT2D eigenvalue weighted by atomic mass is 9.94. The van der Waals surface area contributed by atoms with Crippen molar-refractivity contribution in [3.63, 3.8) is 0 Å². The van der Waals surface area contributed by atoms with Gasteiger partial charge in [0, 0.05) is 18.2 Å². The first-order valence-electron chi connectivity index (χ1n) is 8.25. The normalized spacial score (nSPS) is 18.5. The fourth-order valence-electron chi connectivity index (χ4n) is 3.19. The summed E-state index contributed by atoms with van der Waals surface area (Å²) in [6.45, 7) is -0.748. The number of carbonyl (C=O) groups excluding carboxylic acids is 2. The number of hydrogen-bond donors (Lipinski definition) is 2. The Bertz CT molecular complexity index is 986. The van der Waals surface area contributed by atoms with E-state index in [1.54, 1.807) is 0 Å². The van der Waals surface area contributed by atoms with Crippen LogP contribution in [0.15, 0.2) is 54.1 Å². The number of para-hydroxylation sites is 1. The third-order valence-corrected chi connectivity index (χ3v) is 4.43. The first-order valence-corrected chi connectivity index (χ1v) is 8.25. The number of carbonyl (C=O) groups is 2. The Morgan fingerprint density at radius 1 is 1.14 bits per heavy atom. The van der Waals surface area contributed by atoms with E-state index in [2.05, 4.69) is 0 Å². The number of amides is 1. The molecule has 9 heteroatoms. The highest BCUT2D eigenvalue weighted by atomic mass is 19.1. The summed E-state index contributed by atoms with van der Waals surface area (Å²) in [6, 6.07) is 8.83. The smallest absolute Gasteiger partial charge is 0.295 e. The average Bonchev–Trinajstić information content (AvgIpc) is 2.93. The summed E-state index contributed by atoms with van der Waals surface area (Å²) in [5.41, 5.74) is -0.613. The molecule has 2 aromatic carbocycles. The zero-order valence-corrected chi connectivity index (χ0v) is 14.4. The van der Waals surface area contributed by atoms with E-state index < -0.39 is 40.8 Å². The molecule has 1 amide bonds. The molecule has 1 aliphatic rings. The topological polar surface area (TPSA) is 121 Å². The van der Waals surface area contributed by atoms with Crippen molar-refractivity contribution in [1.29, 1.82) is 0 Å². The average molecular weight is 386 g/mol. The van der Waals surface area contributed by atoms with Gasteiger partial charge in [-0.15, -0.1) is 0 Å². The van der Waals surface area contributed by atoms with Crippen molar-refractivity contribution >= 4 is 23.1 Å². The van der Waals surface area contributed by atoms with Crippen LogP contribution in [0.25, 0.3) is 5.76 Å². The van der Waals surface area contributed by atoms with Gasteiger partial charge in [-0.1, -0.05) is 12.1 Å². The van der Waals surface area contributed by atoms with Crippen molar-refractivity contribution < 1.29 is 29.1 Å². The molecule has 2 N–H and O–H groups in total. The van der Waals surface area contributed by atoms with Crippen LogP contribution in [0.4, 0.5) is 10.1 Å². The molecule has 2 aromatic rings. The lowest BCUT2D eigenvalue weighted by Crippen LogP contribution is -2.32. The first kappa shape index (κ1) is 19.2. The van der Waals surface area contributed by atoms with Gasteiger partial charge >= 0.3 is 0 Å². The molecule has 0 bridgehead atoms.